The lowest BCUT2D eigenvalue weighted by molar-refractivity contribution is -0.637. The minimum Gasteiger partial charge on any atom is -0.381 e. The second-order valence-electron chi connectivity index (χ2n) is 3.94. The maximum absolute atomic E-state index is 11.4. The van der Waals surface area contributed by atoms with Crippen molar-refractivity contribution in [3.63, 3.8) is 0 Å². The average Bonchev–Trinajstić information content (AvgIpc) is 2.47. The minimum absolute atomic E-state index is 0.0905. The van der Waals surface area contributed by atoms with Crippen LogP contribution in [0.1, 0.15) is 5.56 Å². The summed E-state index contributed by atoms with van der Waals surface area (Å²) < 4.78 is 27.0. The fraction of sp³-hybridized carbons (Fsp3) is 0.0769. The van der Waals surface area contributed by atoms with E-state index in [1.54, 1.807) is 12.1 Å². The first-order valence-corrected chi connectivity index (χ1v) is 7.09. The molecule has 0 saturated carbocycles. The van der Waals surface area contributed by atoms with E-state index in [0.29, 0.717) is 6.54 Å². The Labute approximate surface area is 112 Å². The Kier molecular flexibility index (Phi) is 4.28. The second-order valence-corrected chi connectivity index (χ2v) is 5.55. The summed E-state index contributed by atoms with van der Waals surface area (Å²) in [4.78, 5) is 0.0905. The highest BCUT2D eigenvalue weighted by Crippen LogP contribution is 2.19. The van der Waals surface area contributed by atoms with Crippen LogP contribution in [0.5, 0.6) is 0 Å². The normalized spacial score (nSPS) is 13.8. The Morgan fingerprint density at radius 1 is 1.05 bits per heavy atom. The van der Waals surface area contributed by atoms with Gasteiger partial charge in [-0.1, -0.05) is 30.3 Å². The summed E-state index contributed by atoms with van der Waals surface area (Å²) in [7, 11) is -3.72. The van der Waals surface area contributed by atoms with Crippen LogP contribution in [-0.2, 0) is 30.1 Å². The van der Waals surface area contributed by atoms with Gasteiger partial charge in [0.1, 0.15) is 0 Å². The quantitative estimate of drug-likeness (QED) is 0.643. The molecule has 0 amide bonds. The number of hydrogen-bond acceptors (Lipinski definition) is 3. The van der Waals surface area contributed by atoms with Crippen LogP contribution in [0.4, 0.5) is 5.69 Å². The summed E-state index contributed by atoms with van der Waals surface area (Å²) in [6.07, 6.45) is 0. The zero-order chi connectivity index (χ0) is 13.7. The average molecular weight is 279 g/mol. The van der Waals surface area contributed by atoms with Gasteiger partial charge in [0.15, 0.2) is 0 Å². The van der Waals surface area contributed by atoms with E-state index >= 15 is 0 Å². The molecule has 6 heteroatoms. The molecule has 0 bridgehead atoms. The van der Waals surface area contributed by atoms with Crippen molar-refractivity contribution in [3.05, 3.63) is 60.2 Å². The van der Waals surface area contributed by atoms with Gasteiger partial charge in [-0.05, 0) is 21.9 Å². The van der Waals surface area contributed by atoms with E-state index in [1.807, 2.05) is 30.3 Å². The van der Waals surface area contributed by atoms with Crippen LogP contribution in [0, 0.1) is 0 Å². The summed E-state index contributed by atoms with van der Waals surface area (Å²) in [6, 6.07) is 16.3. The van der Waals surface area contributed by atoms with E-state index in [-0.39, 0.29) is 4.90 Å². The lowest BCUT2D eigenvalue weighted by Gasteiger charge is -2.06. The highest BCUT2D eigenvalue weighted by Gasteiger charge is 2.36. The van der Waals surface area contributed by atoms with Crippen LogP contribution in [0.25, 0.3) is 0 Å². The summed E-state index contributed by atoms with van der Waals surface area (Å²) in [5, 5.41) is 3.21. The lowest BCUT2D eigenvalue weighted by Crippen LogP contribution is -2.52. The van der Waals surface area contributed by atoms with Gasteiger partial charge < -0.3 is 5.32 Å². The van der Waals surface area contributed by atoms with Crippen molar-refractivity contribution in [2.45, 2.75) is 11.4 Å². The Balaban J connectivity index is 2.02. The third-order valence-electron chi connectivity index (χ3n) is 2.64. The molecule has 19 heavy (non-hydrogen) atoms. The smallest absolute Gasteiger partial charge is 0.381 e. The monoisotopic (exact) mass is 279 g/mol. The molecule has 0 aliphatic rings. The van der Waals surface area contributed by atoms with Crippen LogP contribution < -0.4 is 11.2 Å². The fourth-order valence-corrected chi connectivity index (χ4v) is 2.21. The van der Waals surface area contributed by atoms with Crippen LogP contribution >= 0.6 is 0 Å². The zero-order valence-corrected chi connectivity index (χ0v) is 11.1. The summed E-state index contributed by atoms with van der Waals surface area (Å²) >= 11 is 0. The molecule has 2 rings (SSSR count). The maximum Gasteiger partial charge on any atom is 0.482 e. The molecule has 1 radical (unpaired) electrons. The molecule has 0 heterocycles. The van der Waals surface area contributed by atoms with Crippen LogP contribution in [-0.4, -0.2) is 0 Å². The lowest BCUT2D eigenvalue weighted by atomic mass is 10.2. The van der Waals surface area contributed by atoms with E-state index in [0.717, 1.165) is 11.3 Å². The molecule has 1 unspecified atom stereocenters. The molecule has 0 aliphatic carbocycles. The van der Waals surface area contributed by atoms with Crippen LogP contribution in [0.15, 0.2) is 59.5 Å². The topological polar surface area (TPSA) is 85.9 Å². The molecule has 0 aromatic heterocycles. The number of hydrogen-bond donors (Lipinski definition) is 2. The van der Waals surface area contributed by atoms with Gasteiger partial charge in [0, 0.05) is 24.4 Å². The van der Waals surface area contributed by atoms with Crippen LogP contribution in [0.3, 0.4) is 0 Å². The fourth-order valence-electron chi connectivity index (χ4n) is 1.61. The van der Waals surface area contributed by atoms with Crippen molar-refractivity contribution < 1.29 is 18.9 Å². The third kappa shape index (κ3) is 3.62. The van der Waals surface area contributed by atoms with Crippen molar-refractivity contribution in [2.75, 3.05) is 5.32 Å². The molecule has 2 aromatic carbocycles. The number of nitrogens with one attached hydrogen (secondary N) is 1. The number of anilines is 1. The first-order valence-electron chi connectivity index (χ1n) is 5.68. The van der Waals surface area contributed by atoms with E-state index in [2.05, 4.69) is 15.5 Å². The van der Waals surface area contributed by atoms with Gasteiger partial charge in [-0.2, -0.15) is 5.90 Å². The number of quaternary nitrogens is 1. The predicted molar refractivity (Wildman–Crippen MR) is 71.2 cm³/mol. The van der Waals surface area contributed by atoms with Gasteiger partial charge in [0.25, 0.3) is 0 Å². The number of rotatable bonds is 5. The highest BCUT2D eigenvalue weighted by molar-refractivity contribution is 7.92. The van der Waals surface area contributed by atoms with E-state index in [9.17, 15) is 8.76 Å². The molecule has 5 nitrogen and oxygen atoms in total. The van der Waals surface area contributed by atoms with Crippen LogP contribution in [0.2, 0.25) is 0 Å². The van der Waals surface area contributed by atoms with Gasteiger partial charge in [-0.3, -0.25) is 0 Å². The summed E-state index contributed by atoms with van der Waals surface area (Å²) in [5.41, 5.74) is 1.99. The zero-order valence-electron chi connectivity index (χ0n) is 10.2. The number of benzene rings is 2. The molecule has 0 spiro atoms. The first-order chi connectivity index (χ1) is 9.12. The Morgan fingerprint density at radius 3 is 2.26 bits per heavy atom. The first kappa shape index (κ1) is 13.7. The minimum atomic E-state index is -3.72. The Hall–Kier alpha value is -1.73. The van der Waals surface area contributed by atoms with Gasteiger partial charge in [0.2, 0.25) is 4.90 Å². The van der Waals surface area contributed by atoms with Gasteiger partial charge >= 0.3 is 10.5 Å². The largest absolute Gasteiger partial charge is 0.482 e. The summed E-state index contributed by atoms with van der Waals surface area (Å²) in [6.45, 7) is 0.679. The molecule has 0 saturated heterocycles. The second kappa shape index (κ2) is 5.94. The van der Waals surface area contributed by atoms with Crippen molar-refractivity contribution in [3.8, 4) is 0 Å². The molecule has 99 valence electrons. The third-order valence-corrected chi connectivity index (χ3v) is 3.80. The van der Waals surface area contributed by atoms with Gasteiger partial charge in [-0.15, -0.1) is 0 Å². The maximum atomic E-state index is 11.4. The van der Waals surface area contributed by atoms with E-state index < -0.39 is 10.5 Å². The molecule has 2 aromatic rings. The van der Waals surface area contributed by atoms with Crippen molar-refractivity contribution in [1.29, 1.82) is 0 Å². The van der Waals surface area contributed by atoms with Crippen molar-refractivity contribution >= 4 is 16.2 Å². The van der Waals surface area contributed by atoms with E-state index in [4.69, 9.17) is 0 Å². The SMILES string of the molecule is [NH3+]O[S+]([O])(=O)c1ccc(NCc2ccccc2)cc1. The van der Waals surface area contributed by atoms with Crippen molar-refractivity contribution in [1.82, 2.24) is 0 Å². The highest BCUT2D eigenvalue weighted by atomic mass is 32.3. The van der Waals surface area contributed by atoms with Gasteiger partial charge in [-0.25, -0.2) is 0 Å². The summed E-state index contributed by atoms with van der Waals surface area (Å²) in [5.74, 6) is 2.93. The molecule has 1 atom stereocenters. The standard InChI is InChI=1S/C13H15N2O3S/c14-18-19(16,17)13-8-6-12(7-9-13)15-10-11-4-2-1-3-5-11/h1-9,15H,10H2,14H3/q+2. The van der Waals surface area contributed by atoms with E-state index in [1.165, 1.54) is 12.1 Å². The molecule has 0 aliphatic heterocycles. The molecule has 0 fully saturated rings. The Morgan fingerprint density at radius 2 is 1.68 bits per heavy atom. The van der Waals surface area contributed by atoms with Crippen molar-refractivity contribution in [2.24, 2.45) is 0 Å². The predicted octanol–water partition coefficient (Wildman–Crippen LogP) is 1.59. The van der Waals surface area contributed by atoms with Gasteiger partial charge in [0.05, 0.1) is 8.84 Å². The molecule has 4 N–H and O–H groups in total. The molecular formula is C13H15N2O3S+2. The molecular weight excluding hydrogens is 264 g/mol. The Bertz CT molecular complexity index is 572.